The number of nitrogens with zero attached hydrogens (tertiary/aromatic N) is 4. The number of piperidine rings is 1. The van der Waals surface area contributed by atoms with Gasteiger partial charge in [0, 0.05) is 42.5 Å². The van der Waals surface area contributed by atoms with Gasteiger partial charge in [0.2, 0.25) is 5.78 Å². The Labute approximate surface area is 230 Å². The number of amides is 2. The normalized spacial score (nSPS) is 19.2. The predicted molar refractivity (Wildman–Crippen MR) is 149 cm³/mol. The van der Waals surface area contributed by atoms with Crippen molar-refractivity contribution in [3.05, 3.63) is 75.7 Å². The van der Waals surface area contributed by atoms with Gasteiger partial charge in [0.1, 0.15) is 23.6 Å². The zero-order chi connectivity index (χ0) is 28.0. The van der Waals surface area contributed by atoms with Crippen LogP contribution in [0.5, 0.6) is 5.75 Å². The summed E-state index contributed by atoms with van der Waals surface area (Å²) < 4.78 is 10.5. The molecular formula is C29H30N6O5. The maximum atomic E-state index is 13.3. The maximum absolute atomic E-state index is 13.3. The highest BCUT2D eigenvalue weighted by Gasteiger charge is 2.34. The number of aromatic nitrogens is 3. The number of H-pyrrole nitrogens is 1. The van der Waals surface area contributed by atoms with E-state index < -0.39 is 5.76 Å². The summed E-state index contributed by atoms with van der Waals surface area (Å²) in [5, 5.41) is 3.06. The molecule has 4 heterocycles. The van der Waals surface area contributed by atoms with Crippen LogP contribution in [0.4, 0.5) is 16.3 Å². The van der Waals surface area contributed by atoms with E-state index in [0.29, 0.717) is 35.6 Å². The lowest BCUT2D eigenvalue weighted by molar-refractivity contribution is 0.103. The monoisotopic (exact) mass is 542 g/mol. The van der Waals surface area contributed by atoms with Crippen LogP contribution < -0.4 is 20.7 Å². The number of urea groups is 1. The van der Waals surface area contributed by atoms with Gasteiger partial charge in [-0.1, -0.05) is 0 Å². The number of fused-ring (bicyclic) bond motifs is 2. The number of nitrogens with one attached hydrogen (secondary N) is 2. The maximum Gasteiger partial charge on any atom is 0.417 e. The van der Waals surface area contributed by atoms with E-state index in [-0.39, 0.29) is 29.6 Å². The second-order valence-electron chi connectivity index (χ2n) is 10.4. The number of hydrogen-bond donors (Lipinski definition) is 2. The summed E-state index contributed by atoms with van der Waals surface area (Å²) in [6.07, 6.45) is 3.68. The highest BCUT2D eigenvalue weighted by atomic mass is 16.5. The van der Waals surface area contributed by atoms with E-state index in [1.807, 2.05) is 30.0 Å². The molecule has 1 fully saturated rings. The fourth-order valence-corrected chi connectivity index (χ4v) is 5.80. The van der Waals surface area contributed by atoms with E-state index in [2.05, 4.69) is 32.1 Å². The van der Waals surface area contributed by atoms with E-state index in [9.17, 15) is 14.4 Å². The lowest BCUT2D eigenvalue weighted by Crippen LogP contribution is -2.52. The van der Waals surface area contributed by atoms with Crippen LogP contribution in [0.1, 0.15) is 46.9 Å². The number of ketones is 1. The molecule has 1 saturated heterocycles. The summed E-state index contributed by atoms with van der Waals surface area (Å²) in [7, 11) is 1.64. The van der Waals surface area contributed by atoms with Gasteiger partial charge in [0.15, 0.2) is 5.58 Å². The van der Waals surface area contributed by atoms with Gasteiger partial charge in [0.05, 0.1) is 12.6 Å². The SMILES string of the molecule is COc1ccc2c(c1)CCN(C1CCN(c3cc(C(=O)c4cc(C)c5[nH]c(=O)oc5c4)ncn3)C(C)C1)C(=O)N2. The van der Waals surface area contributed by atoms with Crippen molar-refractivity contribution in [2.24, 2.45) is 0 Å². The third-order valence-corrected chi connectivity index (χ3v) is 7.90. The van der Waals surface area contributed by atoms with E-state index in [1.165, 1.54) is 6.33 Å². The molecule has 11 nitrogen and oxygen atoms in total. The molecule has 2 amide bonds. The molecule has 0 radical (unpaired) electrons. The molecule has 4 aromatic rings. The van der Waals surface area contributed by atoms with Crippen LogP contribution in [0.2, 0.25) is 0 Å². The van der Waals surface area contributed by atoms with Gasteiger partial charge < -0.3 is 24.3 Å². The van der Waals surface area contributed by atoms with Crippen molar-refractivity contribution < 1.29 is 18.7 Å². The highest BCUT2D eigenvalue weighted by Crippen LogP contribution is 2.31. The summed E-state index contributed by atoms with van der Waals surface area (Å²) in [5.74, 6) is 0.595. The molecule has 40 heavy (non-hydrogen) atoms. The van der Waals surface area contributed by atoms with E-state index in [1.54, 1.807) is 25.3 Å². The molecule has 2 N–H and O–H groups in total. The van der Waals surface area contributed by atoms with Gasteiger partial charge in [-0.05, 0) is 74.6 Å². The summed E-state index contributed by atoms with van der Waals surface area (Å²) in [4.78, 5) is 53.5. The third kappa shape index (κ3) is 4.67. The van der Waals surface area contributed by atoms with Crippen molar-refractivity contribution >= 4 is 34.4 Å². The summed E-state index contributed by atoms with van der Waals surface area (Å²) in [6.45, 7) is 5.22. The van der Waals surface area contributed by atoms with E-state index >= 15 is 0 Å². The molecule has 2 aliphatic rings. The highest BCUT2D eigenvalue weighted by molar-refractivity contribution is 6.09. The zero-order valence-corrected chi connectivity index (χ0v) is 22.6. The lowest BCUT2D eigenvalue weighted by atomic mass is 9.96. The fraction of sp³-hybridized carbons (Fsp3) is 0.345. The molecule has 0 bridgehead atoms. The van der Waals surface area contributed by atoms with E-state index in [0.717, 1.165) is 41.8 Å². The summed E-state index contributed by atoms with van der Waals surface area (Å²) in [6, 6.07) is 10.8. The Morgan fingerprint density at radius 2 is 1.95 bits per heavy atom. The topological polar surface area (TPSA) is 134 Å². The Morgan fingerprint density at radius 1 is 1.10 bits per heavy atom. The molecule has 11 heteroatoms. The van der Waals surface area contributed by atoms with Gasteiger partial charge in [-0.15, -0.1) is 0 Å². The standard InChI is InChI=1S/C29H30N6O5/c1-16-10-19(13-24-26(16)33-29(38)40-24)27(36)23-14-25(31-15-30-23)34-9-7-20(11-17(34)2)35-8-6-18-12-21(39-3)4-5-22(18)32-28(35)37/h4-5,10,12-15,17,20H,6-9,11H2,1-3H3,(H,32,37)(H,33,38). The van der Waals surface area contributed by atoms with Crippen LogP contribution in [0, 0.1) is 6.92 Å². The van der Waals surface area contributed by atoms with Crippen molar-refractivity contribution in [2.45, 2.75) is 45.2 Å². The van der Waals surface area contributed by atoms with Crippen molar-refractivity contribution in [3.63, 3.8) is 0 Å². The first kappa shape index (κ1) is 25.6. The molecule has 6 rings (SSSR count). The number of oxazole rings is 1. The first-order chi connectivity index (χ1) is 19.3. The van der Waals surface area contributed by atoms with Crippen molar-refractivity contribution in [2.75, 3.05) is 30.4 Å². The van der Waals surface area contributed by atoms with Crippen molar-refractivity contribution in [3.8, 4) is 5.75 Å². The smallest absolute Gasteiger partial charge is 0.417 e. The van der Waals surface area contributed by atoms with Gasteiger partial charge in [-0.25, -0.2) is 19.6 Å². The predicted octanol–water partition coefficient (Wildman–Crippen LogP) is 3.91. The molecule has 2 unspecified atom stereocenters. The molecule has 2 aliphatic heterocycles. The van der Waals surface area contributed by atoms with Crippen molar-refractivity contribution in [1.82, 2.24) is 19.9 Å². The molecule has 206 valence electrons. The third-order valence-electron chi connectivity index (χ3n) is 7.90. The molecule has 2 atom stereocenters. The summed E-state index contributed by atoms with van der Waals surface area (Å²) >= 11 is 0. The largest absolute Gasteiger partial charge is 0.497 e. The number of benzene rings is 2. The van der Waals surface area contributed by atoms with Crippen LogP contribution in [-0.2, 0) is 6.42 Å². The first-order valence-corrected chi connectivity index (χ1v) is 13.3. The second-order valence-corrected chi connectivity index (χ2v) is 10.4. The van der Waals surface area contributed by atoms with Gasteiger partial charge in [-0.3, -0.25) is 9.78 Å². The van der Waals surface area contributed by atoms with Crippen LogP contribution in [0.25, 0.3) is 11.1 Å². The first-order valence-electron chi connectivity index (χ1n) is 13.3. The van der Waals surface area contributed by atoms with E-state index in [4.69, 9.17) is 9.15 Å². The van der Waals surface area contributed by atoms with Crippen LogP contribution in [0.3, 0.4) is 0 Å². The number of ether oxygens (including phenoxy) is 1. The van der Waals surface area contributed by atoms with Crippen molar-refractivity contribution in [1.29, 1.82) is 0 Å². The number of aryl methyl sites for hydroxylation is 1. The fourth-order valence-electron chi connectivity index (χ4n) is 5.80. The number of hydrogen-bond acceptors (Lipinski definition) is 8. The van der Waals surface area contributed by atoms with Gasteiger partial charge in [0.25, 0.3) is 0 Å². The molecule has 0 spiro atoms. The molecule has 2 aromatic heterocycles. The molecular weight excluding hydrogens is 512 g/mol. The lowest BCUT2D eigenvalue weighted by Gasteiger charge is -2.42. The second kappa shape index (κ2) is 10.1. The Balaban J connectivity index is 1.17. The molecule has 2 aromatic carbocycles. The number of aromatic amines is 1. The Morgan fingerprint density at radius 3 is 2.75 bits per heavy atom. The quantitative estimate of drug-likeness (QED) is 0.363. The minimum atomic E-state index is -0.563. The number of carbonyl (C=O) groups is 2. The minimum Gasteiger partial charge on any atom is -0.497 e. The average molecular weight is 543 g/mol. The van der Waals surface area contributed by atoms with Crippen LogP contribution in [-0.4, -0.2) is 63.9 Å². The number of rotatable bonds is 5. The number of carbonyl (C=O) groups excluding carboxylic acids is 2. The zero-order valence-electron chi connectivity index (χ0n) is 22.6. The molecule has 0 aliphatic carbocycles. The average Bonchev–Trinajstić information content (AvgIpc) is 3.25. The van der Waals surface area contributed by atoms with Gasteiger partial charge in [-0.2, -0.15) is 0 Å². The summed E-state index contributed by atoms with van der Waals surface area (Å²) in [5.41, 5.74) is 4.17. The van der Waals surface area contributed by atoms with Crippen LogP contribution >= 0.6 is 0 Å². The minimum absolute atomic E-state index is 0.0797. The number of methoxy groups -OCH3 is 1. The Hall–Kier alpha value is -4.67. The molecule has 0 saturated carbocycles. The van der Waals surface area contributed by atoms with Crippen LogP contribution in [0.15, 0.2) is 51.9 Å². The Kier molecular flexibility index (Phi) is 6.49. The van der Waals surface area contributed by atoms with Gasteiger partial charge >= 0.3 is 11.8 Å². The number of anilines is 2. The Bertz CT molecular complexity index is 1680.